The highest BCUT2D eigenvalue weighted by atomic mass is 32.2. The number of aliphatic hydroxyl groups is 1. The van der Waals surface area contributed by atoms with Crippen molar-refractivity contribution < 1.29 is 41.5 Å². The molecule has 2 aromatic rings. The minimum Gasteiger partial charge on any atom is -0.393 e. The first-order valence-electron chi connectivity index (χ1n) is 15.0. The van der Waals surface area contributed by atoms with Crippen LogP contribution in [0.2, 0.25) is 0 Å². The van der Waals surface area contributed by atoms with Gasteiger partial charge >= 0.3 is 6.18 Å². The fraction of sp³-hybridized carbons (Fsp3) is 0.594. The Morgan fingerprint density at radius 2 is 2.02 bits per heavy atom. The van der Waals surface area contributed by atoms with Crippen molar-refractivity contribution >= 4 is 43.9 Å². The standard InChI is InChI=1S/C32H34F3NO6S2/c1-29-11-9-18(37)13-17(29)7-8-19-20-14-25-32(30(20,2)15-22(38)27(19)29,42-26(41-25)10-12-31(33,34)35)24(39)16-44(40)28-36-21-5-3-4-6-23(21)43-28/h3-6,9,11,13,19-20,22,25-27,38H,7-8,10,12,14-16H2,1-2H3/t19?,20?,22-,25+,26?,27?,29?,30?,32+,44?/m0/s1. The number of carbonyl (C=O) groups excluding carboxylic acids is 2. The van der Waals surface area contributed by atoms with Crippen LogP contribution in [0.3, 0.4) is 0 Å². The van der Waals surface area contributed by atoms with Gasteiger partial charge in [-0.2, -0.15) is 13.2 Å². The summed E-state index contributed by atoms with van der Waals surface area (Å²) in [6, 6.07) is 7.32. The van der Waals surface area contributed by atoms with Gasteiger partial charge in [0, 0.05) is 29.6 Å². The van der Waals surface area contributed by atoms with Crippen molar-refractivity contribution in [1.82, 2.24) is 4.98 Å². The number of thiazole rings is 1. The van der Waals surface area contributed by atoms with Gasteiger partial charge in [0.25, 0.3) is 0 Å². The first-order valence-corrected chi connectivity index (χ1v) is 17.2. The van der Waals surface area contributed by atoms with E-state index in [1.54, 1.807) is 18.2 Å². The molecule has 7 nitrogen and oxygen atoms in total. The van der Waals surface area contributed by atoms with Crippen LogP contribution in [0.15, 0.2) is 52.4 Å². The summed E-state index contributed by atoms with van der Waals surface area (Å²) in [5.41, 5.74) is -1.52. The molecule has 7 unspecified atom stereocenters. The lowest BCUT2D eigenvalue weighted by Crippen LogP contribution is -2.63. The van der Waals surface area contributed by atoms with E-state index in [1.807, 2.05) is 38.1 Å². The third-order valence-corrected chi connectivity index (χ3v) is 13.7. The number of ketones is 2. The summed E-state index contributed by atoms with van der Waals surface area (Å²) < 4.78 is 66.8. The molecule has 44 heavy (non-hydrogen) atoms. The van der Waals surface area contributed by atoms with Crippen LogP contribution in [-0.2, 0) is 29.9 Å². The zero-order chi connectivity index (χ0) is 31.2. The van der Waals surface area contributed by atoms with Gasteiger partial charge < -0.3 is 14.6 Å². The third-order valence-electron chi connectivity index (χ3n) is 11.1. The number of ether oxygens (including phenoxy) is 2. The number of hydrogen-bond donors (Lipinski definition) is 1. The maximum absolute atomic E-state index is 14.5. The van der Waals surface area contributed by atoms with Gasteiger partial charge in [0.1, 0.15) is 0 Å². The van der Waals surface area contributed by atoms with Crippen LogP contribution in [-0.4, -0.2) is 61.9 Å². The molecule has 4 aliphatic carbocycles. The zero-order valence-electron chi connectivity index (χ0n) is 24.3. The van der Waals surface area contributed by atoms with Crippen LogP contribution in [0.25, 0.3) is 10.2 Å². The van der Waals surface area contributed by atoms with Gasteiger partial charge in [0.15, 0.2) is 27.8 Å². The molecule has 2 heterocycles. The Labute approximate surface area is 259 Å². The summed E-state index contributed by atoms with van der Waals surface area (Å²) in [4.78, 5) is 31.1. The van der Waals surface area contributed by atoms with Gasteiger partial charge in [-0.3, -0.25) is 13.8 Å². The SMILES string of the molecule is CC12C=CC(=O)C=C1CCC1C2[C@@H](O)CC2(C)C1C[C@H]1OC(CCC(F)(F)F)O[C@]12C(=O)CS(=O)c1nc2ccccc2s1. The molecule has 3 saturated carbocycles. The lowest BCUT2D eigenvalue weighted by atomic mass is 9.46. The highest BCUT2D eigenvalue weighted by Gasteiger charge is 2.75. The number of halogens is 3. The Bertz CT molecular complexity index is 1590. The van der Waals surface area contributed by atoms with E-state index in [9.17, 15) is 32.1 Å². The number of benzene rings is 1. The second-order valence-electron chi connectivity index (χ2n) is 13.4. The number of alkyl halides is 3. The molecule has 0 bridgehead atoms. The second kappa shape index (κ2) is 10.4. The number of rotatable bonds is 6. The molecule has 4 fully saturated rings. The number of Topliss-reactive ketones (excluding diaryl/α,β-unsaturated/α-hetero) is 1. The minimum absolute atomic E-state index is 0.0467. The van der Waals surface area contributed by atoms with Crippen molar-refractivity contribution in [3.8, 4) is 0 Å². The molecule has 236 valence electrons. The average molecular weight is 650 g/mol. The predicted molar refractivity (Wildman–Crippen MR) is 157 cm³/mol. The highest BCUT2D eigenvalue weighted by molar-refractivity contribution is 7.88. The Morgan fingerprint density at radius 1 is 1.25 bits per heavy atom. The fourth-order valence-corrected chi connectivity index (χ4v) is 11.6. The van der Waals surface area contributed by atoms with E-state index in [-0.39, 0.29) is 30.0 Å². The lowest BCUT2D eigenvalue weighted by molar-refractivity contribution is -0.204. The largest absolute Gasteiger partial charge is 0.393 e. The van der Waals surface area contributed by atoms with Crippen molar-refractivity contribution in [3.63, 3.8) is 0 Å². The highest BCUT2D eigenvalue weighted by Crippen LogP contribution is 2.69. The normalized spacial score (nSPS) is 40.2. The van der Waals surface area contributed by atoms with Gasteiger partial charge in [-0.25, -0.2) is 4.98 Å². The average Bonchev–Trinajstić information content (AvgIpc) is 3.62. The maximum atomic E-state index is 14.5. The van der Waals surface area contributed by atoms with E-state index >= 15 is 0 Å². The Balaban J connectivity index is 1.23. The summed E-state index contributed by atoms with van der Waals surface area (Å²) in [6.07, 6.45) is -1.96. The first-order chi connectivity index (χ1) is 20.7. The number of fused-ring (bicyclic) bond motifs is 8. The fourth-order valence-electron chi connectivity index (χ4n) is 9.29. The van der Waals surface area contributed by atoms with Gasteiger partial charge in [0.05, 0.1) is 39.0 Å². The summed E-state index contributed by atoms with van der Waals surface area (Å²) in [6.45, 7) is 3.93. The van der Waals surface area contributed by atoms with E-state index in [1.165, 1.54) is 11.3 Å². The molecular weight excluding hydrogens is 615 g/mol. The molecule has 1 saturated heterocycles. The third kappa shape index (κ3) is 4.53. The number of allylic oxidation sites excluding steroid dienone is 4. The van der Waals surface area contributed by atoms with Crippen LogP contribution in [0, 0.1) is 28.6 Å². The summed E-state index contributed by atoms with van der Waals surface area (Å²) in [7, 11) is -1.82. The second-order valence-corrected chi connectivity index (χ2v) is 16.0. The van der Waals surface area contributed by atoms with E-state index in [0.29, 0.717) is 29.1 Å². The molecule has 10 atom stereocenters. The van der Waals surface area contributed by atoms with Crippen molar-refractivity contribution in [2.45, 2.75) is 87.0 Å². The van der Waals surface area contributed by atoms with Crippen molar-refractivity contribution in [1.29, 1.82) is 0 Å². The summed E-state index contributed by atoms with van der Waals surface area (Å²) >= 11 is 1.24. The van der Waals surface area contributed by atoms with Gasteiger partial charge in [-0.1, -0.05) is 37.6 Å². The van der Waals surface area contributed by atoms with Crippen molar-refractivity contribution in [2.24, 2.45) is 28.6 Å². The Kier molecular flexibility index (Phi) is 7.17. The topological polar surface area (TPSA) is 103 Å². The quantitative estimate of drug-likeness (QED) is 0.430. The molecule has 12 heteroatoms. The van der Waals surface area contributed by atoms with E-state index in [4.69, 9.17) is 9.47 Å². The Morgan fingerprint density at radius 3 is 2.77 bits per heavy atom. The van der Waals surface area contributed by atoms with Crippen LogP contribution in [0.1, 0.15) is 52.4 Å². The predicted octanol–water partition coefficient (Wildman–Crippen LogP) is 5.68. The van der Waals surface area contributed by atoms with E-state index < -0.39 is 76.3 Å². The Hall–Kier alpha value is -2.25. The van der Waals surface area contributed by atoms with Crippen molar-refractivity contribution in [2.75, 3.05) is 5.75 Å². The first kappa shape index (κ1) is 30.4. The number of hydrogen-bond acceptors (Lipinski definition) is 8. The van der Waals surface area contributed by atoms with Crippen LogP contribution in [0.5, 0.6) is 0 Å². The molecule has 0 amide bonds. The number of nitrogens with zero attached hydrogens (tertiary/aromatic N) is 1. The summed E-state index contributed by atoms with van der Waals surface area (Å²) in [5.74, 6) is -1.39. The van der Waals surface area contributed by atoms with Crippen LogP contribution in [0.4, 0.5) is 13.2 Å². The monoisotopic (exact) mass is 649 g/mol. The maximum Gasteiger partial charge on any atom is 0.389 e. The molecule has 5 aliphatic rings. The van der Waals surface area contributed by atoms with Crippen LogP contribution >= 0.6 is 11.3 Å². The van der Waals surface area contributed by atoms with E-state index in [2.05, 4.69) is 4.98 Å². The van der Waals surface area contributed by atoms with Gasteiger partial charge in [-0.15, -0.1) is 11.3 Å². The summed E-state index contributed by atoms with van der Waals surface area (Å²) in [5, 5.41) is 11.8. The molecule has 1 N–H and O–H groups in total. The van der Waals surface area contributed by atoms with Crippen molar-refractivity contribution in [3.05, 3.63) is 48.1 Å². The number of aromatic nitrogens is 1. The molecular formula is C32H34F3NO6S2. The number of para-hydroxylation sites is 1. The van der Waals surface area contributed by atoms with Gasteiger partial charge in [0.2, 0.25) is 0 Å². The van der Waals surface area contributed by atoms with Gasteiger partial charge in [-0.05, 0) is 61.8 Å². The molecule has 1 aromatic carbocycles. The molecule has 1 aromatic heterocycles. The zero-order valence-corrected chi connectivity index (χ0v) is 26.0. The molecule has 0 radical (unpaired) electrons. The number of aliphatic hydroxyl groups excluding tert-OH is 1. The smallest absolute Gasteiger partial charge is 0.389 e. The number of carbonyl (C=O) groups is 2. The molecule has 7 rings (SSSR count). The lowest BCUT2D eigenvalue weighted by Gasteiger charge is -2.59. The van der Waals surface area contributed by atoms with E-state index in [0.717, 1.165) is 10.3 Å². The molecule has 0 spiro atoms. The van der Waals surface area contributed by atoms with Crippen LogP contribution < -0.4 is 0 Å². The molecule has 1 aliphatic heterocycles. The minimum atomic E-state index is -4.42.